The SMILES string of the molecule is CNC(=O)c1cc(C(N)=O)cc2c1OC(CF)C2. The molecule has 2 amide bonds. The summed E-state index contributed by atoms with van der Waals surface area (Å²) in [6.07, 6.45) is -0.275. The first-order chi connectivity index (χ1) is 8.56. The van der Waals surface area contributed by atoms with Gasteiger partial charge in [0.15, 0.2) is 0 Å². The fourth-order valence-electron chi connectivity index (χ4n) is 1.96. The largest absolute Gasteiger partial charge is 0.486 e. The zero-order valence-corrected chi connectivity index (χ0v) is 9.83. The Morgan fingerprint density at radius 2 is 2.28 bits per heavy atom. The van der Waals surface area contributed by atoms with Crippen molar-refractivity contribution >= 4 is 11.8 Å². The fraction of sp³-hybridized carbons (Fsp3) is 0.333. The number of carbonyl (C=O) groups is 2. The number of nitrogens with one attached hydrogen (secondary N) is 1. The first kappa shape index (κ1) is 12.3. The highest BCUT2D eigenvalue weighted by atomic mass is 19.1. The molecule has 0 saturated heterocycles. The van der Waals surface area contributed by atoms with Gasteiger partial charge in [0.1, 0.15) is 18.5 Å². The van der Waals surface area contributed by atoms with Crippen LogP contribution in [0.4, 0.5) is 4.39 Å². The summed E-state index contributed by atoms with van der Waals surface area (Å²) < 4.78 is 18.0. The predicted octanol–water partition coefficient (Wildman–Crippen LogP) is 0.418. The molecule has 1 atom stereocenters. The topological polar surface area (TPSA) is 81.4 Å². The smallest absolute Gasteiger partial charge is 0.254 e. The lowest BCUT2D eigenvalue weighted by Gasteiger charge is -2.10. The monoisotopic (exact) mass is 252 g/mol. The van der Waals surface area contributed by atoms with E-state index in [9.17, 15) is 14.0 Å². The first-order valence-corrected chi connectivity index (χ1v) is 5.48. The number of ether oxygens (including phenoxy) is 1. The van der Waals surface area contributed by atoms with Gasteiger partial charge >= 0.3 is 0 Å². The summed E-state index contributed by atoms with van der Waals surface area (Å²) >= 11 is 0. The maximum absolute atomic E-state index is 12.6. The van der Waals surface area contributed by atoms with Gasteiger partial charge < -0.3 is 15.8 Å². The van der Waals surface area contributed by atoms with Gasteiger partial charge in [-0.3, -0.25) is 9.59 Å². The van der Waals surface area contributed by atoms with Gasteiger partial charge in [0, 0.05) is 19.0 Å². The summed E-state index contributed by atoms with van der Waals surface area (Å²) in [5.74, 6) is -0.692. The molecular formula is C12H13FN2O3. The summed E-state index contributed by atoms with van der Waals surface area (Å²) in [6.45, 7) is -0.645. The third-order valence-electron chi connectivity index (χ3n) is 2.83. The Bertz CT molecular complexity index is 516. The Morgan fingerprint density at radius 1 is 1.56 bits per heavy atom. The molecule has 1 aromatic rings. The van der Waals surface area contributed by atoms with Crippen molar-refractivity contribution in [3.63, 3.8) is 0 Å². The third kappa shape index (κ3) is 2.01. The van der Waals surface area contributed by atoms with E-state index in [2.05, 4.69) is 5.32 Å². The van der Waals surface area contributed by atoms with Crippen LogP contribution in [0.2, 0.25) is 0 Å². The predicted molar refractivity (Wildman–Crippen MR) is 62.4 cm³/mol. The van der Waals surface area contributed by atoms with E-state index in [1.165, 1.54) is 13.1 Å². The number of nitrogens with two attached hydrogens (primary N) is 1. The van der Waals surface area contributed by atoms with E-state index in [1.807, 2.05) is 0 Å². The number of alkyl halides is 1. The molecule has 2 rings (SSSR count). The Morgan fingerprint density at radius 3 is 2.83 bits per heavy atom. The molecule has 18 heavy (non-hydrogen) atoms. The van der Waals surface area contributed by atoms with E-state index >= 15 is 0 Å². The highest BCUT2D eigenvalue weighted by Crippen LogP contribution is 2.34. The molecular weight excluding hydrogens is 239 g/mol. The summed E-state index contributed by atoms with van der Waals surface area (Å²) in [7, 11) is 1.47. The van der Waals surface area contributed by atoms with Gasteiger partial charge in [-0.1, -0.05) is 0 Å². The van der Waals surface area contributed by atoms with Gasteiger partial charge in [0.25, 0.3) is 5.91 Å². The molecule has 0 radical (unpaired) electrons. The van der Waals surface area contributed by atoms with Crippen molar-refractivity contribution in [2.24, 2.45) is 5.73 Å². The van der Waals surface area contributed by atoms with Crippen molar-refractivity contribution in [1.82, 2.24) is 5.32 Å². The number of benzene rings is 1. The molecule has 1 heterocycles. The second-order valence-corrected chi connectivity index (χ2v) is 4.05. The third-order valence-corrected chi connectivity index (χ3v) is 2.83. The van der Waals surface area contributed by atoms with Gasteiger partial charge in [-0.15, -0.1) is 0 Å². The molecule has 0 fully saturated rings. The van der Waals surface area contributed by atoms with Crippen molar-refractivity contribution in [3.05, 3.63) is 28.8 Å². The van der Waals surface area contributed by atoms with Crippen LogP contribution in [-0.2, 0) is 6.42 Å². The Kier molecular flexibility index (Phi) is 3.18. The van der Waals surface area contributed by atoms with Crippen LogP contribution in [-0.4, -0.2) is 31.6 Å². The average molecular weight is 252 g/mol. The number of carbonyl (C=O) groups excluding carboxylic acids is 2. The minimum Gasteiger partial charge on any atom is -0.486 e. The van der Waals surface area contributed by atoms with Gasteiger partial charge in [0.05, 0.1) is 5.56 Å². The fourth-order valence-corrected chi connectivity index (χ4v) is 1.96. The molecule has 6 heteroatoms. The molecule has 0 saturated carbocycles. The zero-order chi connectivity index (χ0) is 13.3. The molecule has 5 nitrogen and oxygen atoms in total. The maximum Gasteiger partial charge on any atom is 0.254 e. The number of primary amides is 1. The van der Waals surface area contributed by atoms with Crippen LogP contribution in [0.5, 0.6) is 5.75 Å². The van der Waals surface area contributed by atoms with Gasteiger partial charge in [0.2, 0.25) is 5.91 Å². The Labute approximate surface area is 103 Å². The van der Waals surface area contributed by atoms with Gasteiger partial charge in [-0.05, 0) is 17.7 Å². The molecule has 1 unspecified atom stereocenters. The van der Waals surface area contributed by atoms with E-state index in [0.29, 0.717) is 17.7 Å². The molecule has 1 aliphatic heterocycles. The maximum atomic E-state index is 12.6. The van der Waals surface area contributed by atoms with Crippen LogP contribution in [0, 0.1) is 0 Å². The molecule has 3 N–H and O–H groups in total. The number of halogens is 1. The second-order valence-electron chi connectivity index (χ2n) is 4.05. The summed E-state index contributed by atoms with van der Waals surface area (Å²) in [4.78, 5) is 22.9. The Hall–Kier alpha value is -2.11. The number of hydrogen-bond acceptors (Lipinski definition) is 3. The van der Waals surface area contributed by atoms with Crippen molar-refractivity contribution in [1.29, 1.82) is 0 Å². The van der Waals surface area contributed by atoms with Crippen molar-refractivity contribution < 1.29 is 18.7 Å². The lowest BCUT2D eigenvalue weighted by atomic mass is 10.0. The van der Waals surface area contributed by atoms with Crippen LogP contribution >= 0.6 is 0 Å². The van der Waals surface area contributed by atoms with Crippen molar-refractivity contribution in [2.45, 2.75) is 12.5 Å². The number of fused-ring (bicyclic) bond motifs is 1. The van der Waals surface area contributed by atoms with Crippen LogP contribution in [0.25, 0.3) is 0 Å². The minimum absolute atomic E-state index is 0.208. The summed E-state index contributed by atoms with van der Waals surface area (Å²) in [6, 6.07) is 2.90. The van der Waals surface area contributed by atoms with Crippen molar-refractivity contribution in [3.8, 4) is 5.75 Å². The van der Waals surface area contributed by atoms with Crippen LogP contribution in [0.15, 0.2) is 12.1 Å². The molecule has 0 spiro atoms. The van der Waals surface area contributed by atoms with Crippen LogP contribution in [0.3, 0.4) is 0 Å². The molecule has 0 aliphatic carbocycles. The normalized spacial score (nSPS) is 16.9. The van der Waals surface area contributed by atoms with Crippen LogP contribution in [0.1, 0.15) is 26.3 Å². The Balaban J connectivity index is 2.52. The van der Waals surface area contributed by atoms with Gasteiger partial charge in [-0.2, -0.15) is 0 Å². The lowest BCUT2D eigenvalue weighted by Crippen LogP contribution is -2.21. The van der Waals surface area contributed by atoms with E-state index in [-0.39, 0.29) is 11.1 Å². The lowest BCUT2D eigenvalue weighted by molar-refractivity contribution is 0.0956. The van der Waals surface area contributed by atoms with E-state index < -0.39 is 24.6 Å². The van der Waals surface area contributed by atoms with Crippen molar-refractivity contribution in [2.75, 3.05) is 13.7 Å². The molecule has 1 aliphatic rings. The quantitative estimate of drug-likeness (QED) is 0.817. The number of amides is 2. The van der Waals surface area contributed by atoms with E-state index in [0.717, 1.165) is 0 Å². The minimum atomic E-state index is -0.645. The highest BCUT2D eigenvalue weighted by Gasteiger charge is 2.28. The first-order valence-electron chi connectivity index (χ1n) is 5.48. The van der Waals surface area contributed by atoms with Crippen LogP contribution < -0.4 is 15.8 Å². The van der Waals surface area contributed by atoms with Gasteiger partial charge in [-0.25, -0.2) is 4.39 Å². The molecule has 0 aromatic heterocycles. The molecule has 0 bridgehead atoms. The number of hydrogen-bond donors (Lipinski definition) is 2. The standard InChI is InChI=1S/C12H13FN2O3/c1-15-12(17)9-4-7(11(14)16)2-6-3-8(5-13)18-10(6)9/h2,4,8H,3,5H2,1H3,(H2,14,16)(H,15,17). The van der Waals surface area contributed by atoms with E-state index in [1.54, 1.807) is 6.07 Å². The summed E-state index contributed by atoms with van der Waals surface area (Å²) in [5, 5.41) is 2.45. The van der Waals surface area contributed by atoms with E-state index in [4.69, 9.17) is 10.5 Å². The summed E-state index contributed by atoms with van der Waals surface area (Å²) in [5.41, 5.74) is 6.26. The second kappa shape index (κ2) is 4.64. The number of rotatable bonds is 3. The average Bonchev–Trinajstić information content (AvgIpc) is 2.79. The highest BCUT2D eigenvalue weighted by molar-refractivity contribution is 6.01. The molecule has 1 aromatic carbocycles. The zero-order valence-electron chi connectivity index (χ0n) is 9.83. The molecule has 96 valence electrons.